The summed E-state index contributed by atoms with van der Waals surface area (Å²) >= 11 is 1.44. The first kappa shape index (κ1) is 16.8. The minimum Gasteiger partial charge on any atom is -0.448 e. The van der Waals surface area contributed by atoms with Crippen LogP contribution in [0.4, 0.5) is 11.4 Å². The number of nitrogens with zero attached hydrogens (tertiary/aromatic N) is 1. The fraction of sp³-hybridized carbons (Fsp3) is 0.316. The molecule has 6 nitrogen and oxygen atoms in total. The number of ether oxygens (including phenoxy) is 1. The van der Waals surface area contributed by atoms with Crippen LogP contribution in [0.5, 0.6) is 0 Å². The average Bonchev–Trinajstić information content (AvgIpc) is 3.22. The van der Waals surface area contributed by atoms with Crippen LogP contribution in [0.25, 0.3) is 0 Å². The third kappa shape index (κ3) is 2.99. The number of aryl methyl sites for hydroxylation is 2. The zero-order valence-corrected chi connectivity index (χ0v) is 15.1. The van der Waals surface area contributed by atoms with Gasteiger partial charge in [-0.05, 0) is 49.9 Å². The highest BCUT2D eigenvalue weighted by Gasteiger charge is 2.32. The van der Waals surface area contributed by atoms with Crippen molar-refractivity contribution in [2.75, 3.05) is 16.8 Å². The number of anilines is 2. The number of hydrogen-bond donors (Lipinski definition) is 1. The Morgan fingerprint density at radius 3 is 2.88 bits per heavy atom. The van der Waals surface area contributed by atoms with Gasteiger partial charge in [0.1, 0.15) is 11.4 Å². The number of amides is 2. The number of nitrogens with one attached hydrogen (secondary N) is 1. The lowest BCUT2D eigenvalue weighted by atomic mass is 10.1. The molecule has 0 bridgehead atoms. The van der Waals surface area contributed by atoms with Gasteiger partial charge in [0, 0.05) is 4.88 Å². The van der Waals surface area contributed by atoms with E-state index in [2.05, 4.69) is 5.32 Å². The molecule has 1 aromatic carbocycles. The summed E-state index contributed by atoms with van der Waals surface area (Å²) in [5.74, 6) is -1.17. The molecule has 1 aromatic heterocycles. The molecule has 0 unspecified atom stereocenters. The van der Waals surface area contributed by atoms with E-state index in [9.17, 15) is 14.4 Å². The molecule has 4 rings (SSSR count). The van der Waals surface area contributed by atoms with Crippen molar-refractivity contribution in [2.45, 2.75) is 32.3 Å². The number of carbonyl (C=O) groups is 3. The molecule has 1 aliphatic carbocycles. The third-order valence-corrected chi connectivity index (χ3v) is 5.83. The highest BCUT2D eigenvalue weighted by molar-refractivity contribution is 7.14. The Balaban J connectivity index is 1.49. The van der Waals surface area contributed by atoms with Crippen molar-refractivity contribution >= 4 is 40.5 Å². The monoisotopic (exact) mass is 370 g/mol. The molecule has 26 heavy (non-hydrogen) atoms. The van der Waals surface area contributed by atoms with Crippen molar-refractivity contribution in [1.29, 1.82) is 0 Å². The molecule has 0 saturated carbocycles. The smallest absolute Gasteiger partial charge is 0.349 e. The second kappa shape index (κ2) is 6.57. The molecule has 0 radical (unpaired) electrons. The molecule has 0 saturated heterocycles. The molecule has 7 heteroatoms. The summed E-state index contributed by atoms with van der Waals surface area (Å²) in [5, 5.41) is 2.73. The van der Waals surface area contributed by atoms with E-state index in [1.54, 1.807) is 24.3 Å². The Morgan fingerprint density at radius 2 is 2.08 bits per heavy atom. The Bertz CT molecular complexity index is 883. The molecule has 1 aliphatic heterocycles. The quantitative estimate of drug-likeness (QED) is 0.843. The number of esters is 1. The summed E-state index contributed by atoms with van der Waals surface area (Å²) in [6, 6.07) is 8.94. The van der Waals surface area contributed by atoms with Gasteiger partial charge < -0.3 is 10.1 Å². The van der Waals surface area contributed by atoms with Crippen LogP contribution in [-0.4, -0.2) is 30.4 Å². The van der Waals surface area contributed by atoms with Crippen LogP contribution >= 0.6 is 11.3 Å². The summed E-state index contributed by atoms with van der Waals surface area (Å²) in [6.45, 7) is 1.45. The molecular weight excluding hydrogens is 352 g/mol. The molecular formula is C19H18N2O4S. The van der Waals surface area contributed by atoms with Crippen molar-refractivity contribution in [2.24, 2.45) is 0 Å². The van der Waals surface area contributed by atoms with Crippen molar-refractivity contribution in [3.8, 4) is 0 Å². The Labute approximate surface area is 154 Å². The molecule has 0 fully saturated rings. The summed E-state index contributed by atoms with van der Waals surface area (Å²) < 4.78 is 5.39. The lowest BCUT2D eigenvalue weighted by Crippen LogP contribution is -2.47. The number of thiophene rings is 1. The number of fused-ring (bicyclic) bond motifs is 2. The van der Waals surface area contributed by atoms with Gasteiger partial charge >= 0.3 is 5.97 Å². The average molecular weight is 370 g/mol. The number of carbonyl (C=O) groups excluding carboxylic acids is 3. The van der Waals surface area contributed by atoms with E-state index in [0.29, 0.717) is 16.3 Å². The molecule has 1 N–H and O–H groups in total. The van der Waals surface area contributed by atoms with Crippen LogP contribution in [0.15, 0.2) is 30.3 Å². The maximum atomic E-state index is 12.8. The van der Waals surface area contributed by atoms with Gasteiger partial charge in [-0.25, -0.2) is 4.79 Å². The van der Waals surface area contributed by atoms with Crippen LogP contribution in [0.3, 0.4) is 0 Å². The van der Waals surface area contributed by atoms with Crippen LogP contribution in [-0.2, 0) is 27.2 Å². The van der Waals surface area contributed by atoms with Gasteiger partial charge in [-0.1, -0.05) is 12.1 Å². The minimum absolute atomic E-state index is 0.0922. The van der Waals surface area contributed by atoms with E-state index < -0.39 is 18.0 Å². The molecule has 2 amide bonds. The van der Waals surface area contributed by atoms with Gasteiger partial charge in [-0.3, -0.25) is 14.5 Å². The molecule has 2 aromatic rings. The van der Waals surface area contributed by atoms with Gasteiger partial charge in [0.25, 0.3) is 5.91 Å². The maximum Gasteiger partial charge on any atom is 0.349 e. The van der Waals surface area contributed by atoms with E-state index in [1.807, 2.05) is 6.07 Å². The topological polar surface area (TPSA) is 75.7 Å². The first-order valence-corrected chi connectivity index (χ1v) is 9.37. The van der Waals surface area contributed by atoms with Crippen molar-refractivity contribution < 1.29 is 19.1 Å². The van der Waals surface area contributed by atoms with Crippen LogP contribution in [0, 0.1) is 0 Å². The standard InChI is InChI=1S/C19H18N2O4S/c1-11(25-19(24)16-9-12-5-4-8-15(12)26-16)18(23)21-10-17(22)20-13-6-2-3-7-14(13)21/h2-3,6-7,9,11H,4-5,8,10H2,1H3,(H,20,22)/t11-/m0/s1. The summed E-state index contributed by atoms with van der Waals surface area (Å²) in [6.07, 6.45) is 2.15. The van der Waals surface area contributed by atoms with Crippen LogP contribution in [0.1, 0.15) is 33.5 Å². The molecule has 0 spiro atoms. The fourth-order valence-corrected chi connectivity index (χ4v) is 4.48. The Morgan fingerprint density at radius 1 is 1.27 bits per heavy atom. The van der Waals surface area contributed by atoms with Crippen molar-refractivity contribution in [3.05, 3.63) is 45.6 Å². The zero-order valence-electron chi connectivity index (χ0n) is 14.3. The largest absolute Gasteiger partial charge is 0.448 e. The predicted octanol–water partition coefficient (Wildman–Crippen LogP) is 2.77. The van der Waals surface area contributed by atoms with E-state index >= 15 is 0 Å². The summed E-state index contributed by atoms with van der Waals surface area (Å²) in [5.41, 5.74) is 2.39. The van der Waals surface area contributed by atoms with Gasteiger partial charge in [0.2, 0.25) is 5.91 Å². The number of rotatable bonds is 3. The Hall–Kier alpha value is -2.67. The first-order valence-electron chi connectivity index (χ1n) is 8.56. The number of benzene rings is 1. The van der Waals surface area contributed by atoms with E-state index in [4.69, 9.17) is 4.74 Å². The first-order chi connectivity index (χ1) is 12.5. The second-order valence-electron chi connectivity index (χ2n) is 6.45. The highest BCUT2D eigenvalue weighted by Crippen LogP contribution is 2.32. The van der Waals surface area contributed by atoms with Gasteiger partial charge in [0.05, 0.1) is 11.4 Å². The zero-order chi connectivity index (χ0) is 18.3. The third-order valence-electron chi connectivity index (χ3n) is 4.62. The van der Waals surface area contributed by atoms with Crippen LogP contribution in [0.2, 0.25) is 0 Å². The fourth-order valence-electron chi connectivity index (χ4n) is 3.35. The summed E-state index contributed by atoms with van der Waals surface area (Å²) in [4.78, 5) is 40.2. The lowest BCUT2D eigenvalue weighted by Gasteiger charge is -2.30. The summed E-state index contributed by atoms with van der Waals surface area (Å²) in [7, 11) is 0. The van der Waals surface area contributed by atoms with E-state index in [1.165, 1.54) is 33.6 Å². The van der Waals surface area contributed by atoms with Gasteiger partial charge in [-0.15, -0.1) is 11.3 Å². The van der Waals surface area contributed by atoms with Crippen molar-refractivity contribution in [3.63, 3.8) is 0 Å². The van der Waals surface area contributed by atoms with Crippen molar-refractivity contribution in [1.82, 2.24) is 0 Å². The van der Waals surface area contributed by atoms with Crippen LogP contribution < -0.4 is 10.2 Å². The molecule has 134 valence electrons. The minimum atomic E-state index is -0.974. The molecule has 2 aliphatic rings. The van der Waals surface area contributed by atoms with Gasteiger partial charge in [0.15, 0.2) is 6.10 Å². The molecule has 2 heterocycles. The SMILES string of the molecule is C[C@H](OC(=O)c1cc2c(s1)CCC2)C(=O)N1CC(=O)Nc2ccccc21. The number of hydrogen-bond acceptors (Lipinski definition) is 5. The lowest BCUT2D eigenvalue weighted by molar-refractivity contribution is -0.128. The van der Waals surface area contributed by atoms with Gasteiger partial charge in [-0.2, -0.15) is 0 Å². The predicted molar refractivity (Wildman–Crippen MR) is 98.6 cm³/mol. The number of para-hydroxylation sites is 2. The normalized spacial score (nSPS) is 16.5. The van der Waals surface area contributed by atoms with E-state index in [0.717, 1.165) is 19.3 Å². The maximum absolute atomic E-state index is 12.8. The Kier molecular flexibility index (Phi) is 4.24. The van der Waals surface area contributed by atoms with E-state index in [-0.39, 0.29) is 12.5 Å². The molecule has 1 atom stereocenters. The highest BCUT2D eigenvalue weighted by atomic mass is 32.1. The second-order valence-corrected chi connectivity index (χ2v) is 7.59.